The van der Waals surface area contributed by atoms with Crippen molar-refractivity contribution < 1.29 is 14.6 Å². The van der Waals surface area contributed by atoms with E-state index in [1.54, 1.807) is 7.11 Å². The molecule has 1 aromatic carbocycles. The van der Waals surface area contributed by atoms with Crippen LogP contribution in [0, 0.1) is 5.92 Å². The van der Waals surface area contributed by atoms with Gasteiger partial charge >= 0.3 is 5.97 Å². The third kappa shape index (κ3) is 4.12. The lowest BCUT2D eigenvalue weighted by molar-refractivity contribution is -0.138. The van der Waals surface area contributed by atoms with Crippen LogP contribution < -0.4 is 4.74 Å². The minimum atomic E-state index is -0.704. The highest BCUT2D eigenvalue weighted by Gasteiger charge is 2.22. The van der Waals surface area contributed by atoms with E-state index in [0.29, 0.717) is 10.8 Å². The molecule has 0 saturated carbocycles. The smallest absolute Gasteiger partial charge is 0.303 e. The fourth-order valence-corrected chi connectivity index (χ4v) is 3.06. The lowest BCUT2D eigenvalue weighted by Crippen LogP contribution is -2.35. The van der Waals surface area contributed by atoms with E-state index < -0.39 is 5.97 Å². The van der Waals surface area contributed by atoms with E-state index in [2.05, 4.69) is 4.90 Å². The molecule has 1 saturated heterocycles. The van der Waals surface area contributed by atoms with Gasteiger partial charge in [-0.25, -0.2) is 0 Å². The van der Waals surface area contributed by atoms with Crippen molar-refractivity contribution >= 4 is 17.6 Å². The molecule has 1 unspecified atom stereocenters. The molecule has 1 N–H and O–H groups in total. The first-order valence-electron chi connectivity index (χ1n) is 6.85. The number of ether oxygens (including phenoxy) is 1. The number of halogens is 1. The van der Waals surface area contributed by atoms with Crippen molar-refractivity contribution in [3.8, 4) is 5.75 Å². The summed E-state index contributed by atoms with van der Waals surface area (Å²) < 4.78 is 5.14. The van der Waals surface area contributed by atoms with Crippen LogP contribution >= 0.6 is 11.6 Å². The SMILES string of the molecule is COc1ccc(CN2CCCC(CC(=O)O)C2)cc1Cl. The minimum Gasteiger partial charge on any atom is -0.495 e. The zero-order chi connectivity index (χ0) is 14.5. The summed E-state index contributed by atoms with van der Waals surface area (Å²) in [4.78, 5) is 13.1. The second kappa shape index (κ2) is 6.95. The Morgan fingerprint density at radius 2 is 2.35 bits per heavy atom. The number of hydrogen-bond acceptors (Lipinski definition) is 3. The zero-order valence-corrected chi connectivity index (χ0v) is 12.4. The average Bonchev–Trinajstić information content (AvgIpc) is 2.38. The second-order valence-corrected chi connectivity index (χ2v) is 5.72. The van der Waals surface area contributed by atoms with Gasteiger partial charge in [-0.05, 0) is 43.0 Å². The molecule has 5 heteroatoms. The van der Waals surface area contributed by atoms with Crippen molar-refractivity contribution in [2.45, 2.75) is 25.8 Å². The van der Waals surface area contributed by atoms with Crippen LogP contribution in [0.4, 0.5) is 0 Å². The van der Waals surface area contributed by atoms with E-state index in [1.165, 1.54) is 0 Å². The molecule has 1 atom stereocenters. The summed E-state index contributed by atoms with van der Waals surface area (Å²) in [6.07, 6.45) is 2.33. The Morgan fingerprint density at radius 3 is 3.00 bits per heavy atom. The maximum atomic E-state index is 10.8. The molecule has 1 aliphatic rings. The zero-order valence-electron chi connectivity index (χ0n) is 11.6. The van der Waals surface area contributed by atoms with Gasteiger partial charge in [-0.15, -0.1) is 0 Å². The number of carboxylic acid groups (broad SMARTS) is 1. The molecule has 1 heterocycles. The van der Waals surface area contributed by atoms with Gasteiger partial charge in [-0.2, -0.15) is 0 Å². The fraction of sp³-hybridized carbons (Fsp3) is 0.533. The highest BCUT2D eigenvalue weighted by atomic mass is 35.5. The Kier molecular flexibility index (Phi) is 5.26. The van der Waals surface area contributed by atoms with Crippen LogP contribution in [0.3, 0.4) is 0 Å². The summed E-state index contributed by atoms with van der Waals surface area (Å²) in [5, 5.41) is 9.50. The summed E-state index contributed by atoms with van der Waals surface area (Å²) in [7, 11) is 1.60. The minimum absolute atomic E-state index is 0.259. The van der Waals surface area contributed by atoms with E-state index in [4.69, 9.17) is 21.4 Å². The molecule has 0 aromatic heterocycles. The van der Waals surface area contributed by atoms with Gasteiger partial charge in [-0.3, -0.25) is 9.69 Å². The van der Waals surface area contributed by atoms with Gasteiger partial charge in [0.15, 0.2) is 0 Å². The predicted molar refractivity (Wildman–Crippen MR) is 78.3 cm³/mol. The van der Waals surface area contributed by atoms with E-state index in [0.717, 1.165) is 38.0 Å². The molecule has 0 amide bonds. The first-order chi connectivity index (χ1) is 9.58. The summed E-state index contributed by atoms with van der Waals surface area (Å²) >= 11 is 6.12. The van der Waals surface area contributed by atoms with Gasteiger partial charge in [0.1, 0.15) is 5.75 Å². The molecule has 110 valence electrons. The summed E-state index contributed by atoms with van der Waals surface area (Å²) in [5.74, 6) is 0.233. The molecule has 20 heavy (non-hydrogen) atoms. The highest BCUT2D eigenvalue weighted by molar-refractivity contribution is 6.32. The average molecular weight is 298 g/mol. The maximum Gasteiger partial charge on any atom is 0.303 e. The predicted octanol–water partition coefficient (Wildman–Crippen LogP) is 3.04. The Balaban J connectivity index is 1.95. The molecular formula is C15H20ClNO3. The second-order valence-electron chi connectivity index (χ2n) is 5.31. The van der Waals surface area contributed by atoms with Crippen LogP contribution in [0.15, 0.2) is 18.2 Å². The number of carboxylic acids is 1. The summed E-state index contributed by atoms with van der Waals surface area (Å²) in [6, 6.07) is 5.79. The Bertz CT molecular complexity index is 478. The van der Waals surface area contributed by atoms with E-state index >= 15 is 0 Å². The normalized spacial score (nSPS) is 19.8. The van der Waals surface area contributed by atoms with Crippen molar-refractivity contribution in [1.82, 2.24) is 4.90 Å². The van der Waals surface area contributed by atoms with Gasteiger partial charge < -0.3 is 9.84 Å². The van der Waals surface area contributed by atoms with Crippen molar-refractivity contribution in [3.63, 3.8) is 0 Å². The number of carbonyl (C=O) groups is 1. The van der Waals surface area contributed by atoms with Gasteiger partial charge in [0.05, 0.1) is 12.1 Å². The van der Waals surface area contributed by atoms with Crippen LogP contribution in [0.5, 0.6) is 5.75 Å². The number of methoxy groups -OCH3 is 1. The number of aliphatic carboxylic acids is 1. The molecule has 1 aliphatic heterocycles. The summed E-state index contributed by atoms with van der Waals surface area (Å²) in [5.41, 5.74) is 1.13. The van der Waals surface area contributed by atoms with Crippen molar-refractivity contribution in [2.24, 2.45) is 5.92 Å². The number of rotatable bonds is 5. The van der Waals surface area contributed by atoms with Crippen LogP contribution in [-0.2, 0) is 11.3 Å². The van der Waals surface area contributed by atoms with Crippen molar-refractivity contribution in [1.29, 1.82) is 0 Å². The van der Waals surface area contributed by atoms with Crippen LogP contribution in [0.2, 0.25) is 5.02 Å². The Labute approximate surface area is 124 Å². The largest absolute Gasteiger partial charge is 0.495 e. The molecule has 1 fully saturated rings. The highest BCUT2D eigenvalue weighted by Crippen LogP contribution is 2.27. The summed E-state index contributed by atoms with van der Waals surface area (Å²) in [6.45, 7) is 2.66. The number of hydrogen-bond donors (Lipinski definition) is 1. The lowest BCUT2D eigenvalue weighted by Gasteiger charge is -2.32. The molecule has 0 spiro atoms. The van der Waals surface area contributed by atoms with Crippen LogP contribution in [0.1, 0.15) is 24.8 Å². The molecule has 2 rings (SSSR count). The van der Waals surface area contributed by atoms with Crippen molar-refractivity contribution in [3.05, 3.63) is 28.8 Å². The number of likely N-dealkylation sites (tertiary alicyclic amines) is 1. The molecule has 0 bridgehead atoms. The lowest BCUT2D eigenvalue weighted by atomic mass is 9.94. The number of benzene rings is 1. The molecule has 0 radical (unpaired) electrons. The van der Waals surface area contributed by atoms with E-state index in [9.17, 15) is 4.79 Å². The first kappa shape index (κ1) is 15.1. The monoisotopic (exact) mass is 297 g/mol. The Morgan fingerprint density at radius 1 is 1.55 bits per heavy atom. The third-order valence-corrected chi connectivity index (χ3v) is 3.98. The maximum absolute atomic E-state index is 10.8. The van der Waals surface area contributed by atoms with Crippen LogP contribution in [-0.4, -0.2) is 36.2 Å². The molecule has 4 nitrogen and oxygen atoms in total. The third-order valence-electron chi connectivity index (χ3n) is 3.69. The molecule has 1 aromatic rings. The first-order valence-corrected chi connectivity index (χ1v) is 7.23. The van der Waals surface area contributed by atoms with Gasteiger partial charge in [-0.1, -0.05) is 17.7 Å². The van der Waals surface area contributed by atoms with Crippen LogP contribution in [0.25, 0.3) is 0 Å². The quantitative estimate of drug-likeness (QED) is 0.907. The fourth-order valence-electron chi connectivity index (χ4n) is 2.77. The number of nitrogens with zero attached hydrogens (tertiary/aromatic N) is 1. The van der Waals surface area contributed by atoms with E-state index in [-0.39, 0.29) is 12.3 Å². The standard InChI is InChI=1S/C15H20ClNO3/c1-20-14-5-4-12(7-13(14)16)10-17-6-2-3-11(9-17)8-15(18)19/h4-5,7,11H,2-3,6,8-10H2,1H3,(H,18,19). The molecule has 0 aliphatic carbocycles. The molecular weight excluding hydrogens is 278 g/mol. The Hall–Kier alpha value is -1.26. The van der Waals surface area contributed by atoms with Gasteiger partial charge in [0, 0.05) is 19.5 Å². The topological polar surface area (TPSA) is 49.8 Å². The van der Waals surface area contributed by atoms with E-state index in [1.807, 2.05) is 18.2 Å². The van der Waals surface area contributed by atoms with Gasteiger partial charge in [0.2, 0.25) is 0 Å². The van der Waals surface area contributed by atoms with Crippen molar-refractivity contribution in [2.75, 3.05) is 20.2 Å². The van der Waals surface area contributed by atoms with Gasteiger partial charge in [0.25, 0.3) is 0 Å². The number of piperidine rings is 1.